The first-order valence-electron chi connectivity index (χ1n) is 9.31. The molecule has 0 spiro atoms. The van der Waals surface area contributed by atoms with Gasteiger partial charge in [0.15, 0.2) is 0 Å². The number of nitrogens with zero attached hydrogens (tertiary/aromatic N) is 1. The fraction of sp³-hybridized carbons (Fsp3) is 0.381. The molecule has 0 saturated heterocycles. The van der Waals surface area contributed by atoms with Crippen LogP contribution in [0.4, 0.5) is 10.1 Å². The molecule has 0 radical (unpaired) electrons. The molecular weight excluding hydrogens is 395 g/mol. The van der Waals surface area contributed by atoms with Gasteiger partial charge in [-0.05, 0) is 45.0 Å². The monoisotopic (exact) mass is 420 g/mol. The number of anilines is 1. The number of sulfonamides is 1. The number of hydrogen-bond donors (Lipinski definition) is 1. The highest BCUT2D eigenvalue weighted by Crippen LogP contribution is 2.39. The lowest BCUT2D eigenvalue weighted by Gasteiger charge is -2.38. The second kappa shape index (κ2) is 7.67. The minimum Gasteiger partial charge on any atom is -0.487 e. The van der Waals surface area contributed by atoms with Crippen molar-refractivity contribution < 1.29 is 22.3 Å². The van der Waals surface area contributed by atoms with E-state index < -0.39 is 33.4 Å². The third kappa shape index (κ3) is 4.70. The number of benzene rings is 2. The SMILES string of the molecule is C[C@@H](C(=O)N[C@@H]1CC(C)(C)Oc2ccccc21)N(c1cccc(F)c1)S(C)(=O)=O. The summed E-state index contributed by atoms with van der Waals surface area (Å²) in [6.07, 6.45) is 1.52. The van der Waals surface area contributed by atoms with Crippen LogP contribution in [0.15, 0.2) is 48.5 Å². The third-order valence-corrected chi connectivity index (χ3v) is 6.09. The molecule has 6 nitrogen and oxygen atoms in total. The van der Waals surface area contributed by atoms with Crippen LogP contribution in [0.5, 0.6) is 5.75 Å². The lowest BCUT2D eigenvalue weighted by Crippen LogP contribution is -2.50. The van der Waals surface area contributed by atoms with Crippen LogP contribution in [0.2, 0.25) is 0 Å². The Morgan fingerprint density at radius 2 is 1.93 bits per heavy atom. The van der Waals surface area contributed by atoms with Gasteiger partial charge in [0.1, 0.15) is 23.2 Å². The Morgan fingerprint density at radius 1 is 1.24 bits per heavy atom. The third-order valence-electron chi connectivity index (χ3n) is 4.84. The van der Waals surface area contributed by atoms with Gasteiger partial charge in [0.25, 0.3) is 0 Å². The van der Waals surface area contributed by atoms with E-state index in [1.54, 1.807) is 0 Å². The smallest absolute Gasteiger partial charge is 0.244 e. The van der Waals surface area contributed by atoms with Crippen molar-refractivity contribution in [2.24, 2.45) is 0 Å². The first kappa shape index (κ1) is 21.1. The van der Waals surface area contributed by atoms with E-state index in [9.17, 15) is 17.6 Å². The Morgan fingerprint density at radius 3 is 2.59 bits per heavy atom. The van der Waals surface area contributed by atoms with Gasteiger partial charge >= 0.3 is 0 Å². The van der Waals surface area contributed by atoms with Crippen LogP contribution in [-0.2, 0) is 14.8 Å². The van der Waals surface area contributed by atoms with Gasteiger partial charge in [0, 0.05) is 12.0 Å². The minimum atomic E-state index is -3.82. The van der Waals surface area contributed by atoms with Crippen LogP contribution in [0, 0.1) is 5.82 Å². The standard InChI is InChI=1S/C21H25FN2O4S/c1-14(24(29(4,26)27)16-9-7-8-15(22)12-16)20(25)23-18-13-21(2,3)28-19-11-6-5-10-17(18)19/h5-12,14,18H,13H2,1-4H3,(H,23,25)/t14-,18+/m0/s1. The zero-order valence-electron chi connectivity index (χ0n) is 16.8. The van der Waals surface area contributed by atoms with Gasteiger partial charge in [-0.25, -0.2) is 12.8 Å². The summed E-state index contributed by atoms with van der Waals surface area (Å²) in [4.78, 5) is 13.0. The summed E-state index contributed by atoms with van der Waals surface area (Å²) in [5, 5.41) is 2.95. The molecule has 2 aromatic rings. The number of halogens is 1. The topological polar surface area (TPSA) is 75.7 Å². The molecule has 8 heteroatoms. The number of nitrogens with one attached hydrogen (secondary N) is 1. The van der Waals surface area contributed by atoms with Crippen molar-refractivity contribution >= 4 is 21.6 Å². The zero-order valence-corrected chi connectivity index (χ0v) is 17.7. The lowest BCUT2D eigenvalue weighted by atomic mass is 9.89. The second-order valence-corrected chi connectivity index (χ2v) is 9.74. The van der Waals surface area contributed by atoms with Crippen molar-refractivity contribution in [2.75, 3.05) is 10.6 Å². The predicted molar refractivity (Wildman–Crippen MR) is 110 cm³/mol. The number of ether oxygens (including phenoxy) is 1. The van der Waals surface area contributed by atoms with E-state index >= 15 is 0 Å². The molecule has 1 aliphatic rings. The Kier molecular flexibility index (Phi) is 5.58. The minimum absolute atomic E-state index is 0.0999. The van der Waals surface area contributed by atoms with Crippen molar-refractivity contribution in [3.05, 3.63) is 59.9 Å². The number of carbonyl (C=O) groups is 1. The van der Waals surface area contributed by atoms with E-state index in [0.717, 1.165) is 22.2 Å². The molecule has 1 amide bonds. The highest BCUT2D eigenvalue weighted by molar-refractivity contribution is 7.92. The summed E-state index contributed by atoms with van der Waals surface area (Å²) >= 11 is 0. The lowest BCUT2D eigenvalue weighted by molar-refractivity contribution is -0.123. The van der Waals surface area contributed by atoms with Crippen molar-refractivity contribution in [1.82, 2.24) is 5.32 Å². The Bertz CT molecular complexity index is 1020. The highest BCUT2D eigenvalue weighted by atomic mass is 32.2. The predicted octanol–water partition coefficient (Wildman–Crippen LogP) is 3.40. The Hall–Kier alpha value is -2.61. The molecule has 1 aliphatic heterocycles. The fourth-order valence-corrected chi connectivity index (χ4v) is 4.81. The molecule has 29 heavy (non-hydrogen) atoms. The van der Waals surface area contributed by atoms with E-state index in [0.29, 0.717) is 12.2 Å². The van der Waals surface area contributed by atoms with Crippen LogP contribution in [-0.4, -0.2) is 32.2 Å². The van der Waals surface area contributed by atoms with Gasteiger partial charge in [0.05, 0.1) is 18.0 Å². The molecule has 3 rings (SSSR count). The van der Waals surface area contributed by atoms with Crippen molar-refractivity contribution in [3.8, 4) is 5.75 Å². The number of amides is 1. The van der Waals surface area contributed by atoms with E-state index in [1.165, 1.54) is 25.1 Å². The van der Waals surface area contributed by atoms with Gasteiger partial charge in [-0.1, -0.05) is 24.3 Å². The average Bonchev–Trinajstić information content (AvgIpc) is 2.59. The summed E-state index contributed by atoms with van der Waals surface area (Å²) in [5.74, 6) is -0.368. The molecule has 1 heterocycles. The molecule has 0 aromatic heterocycles. The second-order valence-electron chi connectivity index (χ2n) is 7.88. The summed E-state index contributed by atoms with van der Waals surface area (Å²) in [7, 11) is -3.82. The van der Waals surface area contributed by atoms with Crippen molar-refractivity contribution in [2.45, 2.75) is 44.9 Å². The molecule has 0 bridgehead atoms. The first-order chi connectivity index (χ1) is 13.5. The molecule has 2 atom stereocenters. The van der Waals surface area contributed by atoms with Crippen LogP contribution in [0.1, 0.15) is 38.8 Å². The number of fused-ring (bicyclic) bond motifs is 1. The van der Waals surface area contributed by atoms with Gasteiger partial charge < -0.3 is 10.1 Å². The summed E-state index contributed by atoms with van der Waals surface area (Å²) in [6, 6.07) is 11.2. The van der Waals surface area contributed by atoms with Gasteiger partial charge in [-0.2, -0.15) is 0 Å². The first-order valence-corrected chi connectivity index (χ1v) is 11.2. The van der Waals surface area contributed by atoms with Crippen molar-refractivity contribution in [1.29, 1.82) is 0 Å². The van der Waals surface area contributed by atoms with E-state index in [2.05, 4.69) is 5.32 Å². The molecule has 0 aliphatic carbocycles. The number of para-hydroxylation sites is 1. The summed E-state index contributed by atoms with van der Waals surface area (Å²) < 4.78 is 45.3. The number of hydrogen-bond acceptors (Lipinski definition) is 4. The molecule has 0 saturated carbocycles. The maximum atomic E-state index is 13.7. The Balaban J connectivity index is 1.89. The van der Waals surface area contributed by atoms with Crippen LogP contribution >= 0.6 is 0 Å². The number of rotatable bonds is 5. The molecule has 0 fully saturated rings. The molecule has 156 valence electrons. The summed E-state index contributed by atoms with van der Waals surface area (Å²) in [5.41, 5.74) is 0.445. The maximum Gasteiger partial charge on any atom is 0.244 e. The largest absolute Gasteiger partial charge is 0.487 e. The molecule has 1 N–H and O–H groups in total. The van der Waals surface area contributed by atoms with Crippen LogP contribution < -0.4 is 14.4 Å². The van der Waals surface area contributed by atoms with Crippen molar-refractivity contribution in [3.63, 3.8) is 0 Å². The average molecular weight is 421 g/mol. The van der Waals surface area contributed by atoms with Gasteiger partial charge in [-0.15, -0.1) is 0 Å². The van der Waals surface area contributed by atoms with Crippen LogP contribution in [0.25, 0.3) is 0 Å². The fourth-order valence-electron chi connectivity index (χ4n) is 3.65. The molecule has 2 aromatic carbocycles. The van der Waals surface area contributed by atoms with E-state index in [-0.39, 0.29) is 11.7 Å². The van der Waals surface area contributed by atoms with E-state index in [4.69, 9.17) is 4.74 Å². The zero-order chi connectivity index (χ0) is 21.4. The number of carbonyl (C=O) groups excluding carboxylic acids is 1. The Labute approximate surface area is 170 Å². The van der Waals surface area contributed by atoms with E-state index in [1.807, 2.05) is 38.1 Å². The quantitative estimate of drug-likeness (QED) is 0.805. The normalized spacial score (nSPS) is 18.9. The van der Waals surface area contributed by atoms with Crippen LogP contribution in [0.3, 0.4) is 0 Å². The maximum absolute atomic E-state index is 13.7. The molecule has 0 unspecified atom stereocenters. The highest BCUT2D eigenvalue weighted by Gasteiger charge is 2.36. The molecular formula is C21H25FN2O4S. The van der Waals surface area contributed by atoms with Gasteiger partial charge in [-0.3, -0.25) is 9.10 Å². The van der Waals surface area contributed by atoms with Gasteiger partial charge in [0.2, 0.25) is 15.9 Å². The summed E-state index contributed by atoms with van der Waals surface area (Å²) in [6.45, 7) is 5.35.